The summed E-state index contributed by atoms with van der Waals surface area (Å²) in [7, 11) is 1.53. The average molecular weight is 526 g/mol. The van der Waals surface area contributed by atoms with E-state index in [9.17, 15) is 9.59 Å². The fraction of sp³-hybridized carbons (Fsp3) is 0.222. The highest BCUT2D eigenvalue weighted by atomic mass is 35.5. The number of rotatable bonds is 12. The highest BCUT2D eigenvalue weighted by Gasteiger charge is 2.15. The van der Waals surface area contributed by atoms with Crippen LogP contribution < -0.4 is 29.7 Å². The van der Waals surface area contributed by atoms with E-state index in [4.69, 9.17) is 30.5 Å². The molecule has 0 aliphatic rings. The van der Waals surface area contributed by atoms with E-state index >= 15 is 0 Å². The van der Waals surface area contributed by atoms with Gasteiger partial charge in [0, 0.05) is 11.3 Å². The van der Waals surface area contributed by atoms with Gasteiger partial charge in [-0.25, -0.2) is 5.43 Å². The second-order valence-electron chi connectivity index (χ2n) is 7.46. The Morgan fingerprint density at radius 2 is 1.65 bits per heavy atom. The van der Waals surface area contributed by atoms with E-state index in [2.05, 4.69) is 15.8 Å². The van der Waals surface area contributed by atoms with Crippen LogP contribution in [0.1, 0.15) is 29.8 Å². The van der Waals surface area contributed by atoms with Gasteiger partial charge in [0.05, 0.1) is 31.6 Å². The molecule has 3 aromatic rings. The first-order chi connectivity index (χ1) is 17.9. The summed E-state index contributed by atoms with van der Waals surface area (Å²) in [6.45, 7) is 4.17. The fourth-order valence-electron chi connectivity index (χ4n) is 3.24. The van der Waals surface area contributed by atoms with Crippen molar-refractivity contribution in [2.75, 3.05) is 32.2 Å². The molecule has 194 valence electrons. The lowest BCUT2D eigenvalue weighted by atomic mass is 10.2. The van der Waals surface area contributed by atoms with Crippen molar-refractivity contribution in [1.29, 1.82) is 0 Å². The summed E-state index contributed by atoms with van der Waals surface area (Å²) in [6, 6.07) is 17.1. The summed E-state index contributed by atoms with van der Waals surface area (Å²) >= 11 is 6.42. The van der Waals surface area contributed by atoms with Crippen LogP contribution in [0.25, 0.3) is 0 Å². The van der Waals surface area contributed by atoms with Gasteiger partial charge in [-0.15, -0.1) is 0 Å². The van der Waals surface area contributed by atoms with Gasteiger partial charge in [-0.05, 0) is 61.9 Å². The molecule has 2 N–H and O–H groups in total. The second kappa shape index (κ2) is 13.7. The molecule has 3 aromatic carbocycles. The maximum atomic E-state index is 12.5. The van der Waals surface area contributed by atoms with E-state index in [1.54, 1.807) is 42.5 Å². The third kappa shape index (κ3) is 7.88. The molecule has 0 aliphatic carbocycles. The van der Waals surface area contributed by atoms with Crippen LogP contribution >= 0.6 is 11.6 Å². The molecular formula is C27H28ClN3O6. The van der Waals surface area contributed by atoms with E-state index in [-0.39, 0.29) is 23.3 Å². The second-order valence-corrected chi connectivity index (χ2v) is 7.87. The number of hydrogen-bond acceptors (Lipinski definition) is 7. The molecule has 37 heavy (non-hydrogen) atoms. The van der Waals surface area contributed by atoms with E-state index in [0.29, 0.717) is 47.3 Å². The standard InChI is InChI=1S/C27H28ClN3O6/c1-4-35-23-15-19(11-12-22(23)34-3)27(33)31-29-16-18-13-21(28)26(24(14-18)36-5-2)37-17-25(32)30-20-9-7-6-8-10-20/h6-16H,4-5,17H2,1-3H3,(H,30,32)(H,31,33)/b29-16+. The maximum absolute atomic E-state index is 12.5. The van der Waals surface area contributed by atoms with Crippen molar-refractivity contribution in [2.24, 2.45) is 5.10 Å². The van der Waals surface area contributed by atoms with Crippen LogP contribution in [0.15, 0.2) is 65.8 Å². The first-order valence-corrected chi connectivity index (χ1v) is 11.9. The summed E-state index contributed by atoms with van der Waals surface area (Å²) in [5, 5.41) is 6.98. The van der Waals surface area contributed by atoms with Crippen molar-refractivity contribution >= 4 is 35.3 Å². The third-order valence-corrected chi connectivity index (χ3v) is 5.12. The van der Waals surface area contributed by atoms with Crippen LogP contribution in [0.3, 0.4) is 0 Å². The molecule has 0 aliphatic heterocycles. The number of methoxy groups -OCH3 is 1. The zero-order valence-electron chi connectivity index (χ0n) is 20.7. The van der Waals surface area contributed by atoms with Gasteiger partial charge in [0.25, 0.3) is 11.8 Å². The number of anilines is 1. The Morgan fingerprint density at radius 1 is 0.919 bits per heavy atom. The molecule has 0 saturated heterocycles. The molecule has 0 atom stereocenters. The Hall–Kier alpha value is -4.24. The van der Waals surface area contributed by atoms with Gasteiger partial charge >= 0.3 is 0 Å². The SMILES string of the molecule is CCOc1cc(C(=O)N/N=C/c2cc(Cl)c(OCC(=O)Nc3ccccc3)c(OCC)c2)ccc1OC. The first-order valence-electron chi connectivity index (χ1n) is 11.5. The number of nitrogens with one attached hydrogen (secondary N) is 2. The summed E-state index contributed by atoms with van der Waals surface area (Å²) in [5.74, 6) is 0.786. The normalized spacial score (nSPS) is 10.6. The molecule has 2 amide bonds. The molecule has 0 spiro atoms. The lowest BCUT2D eigenvalue weighted by molar-refractivity contribution is -0.118. The van der Waals surface area contributed by atoms with Gasteiger partial charge in [0.1, 0.15) is 0 Å². The van der Waals surface area contributed by atoms with Gasteiger partial charge in [0.15, 0.2) is 29.6 Å². The Morgan fingerprint density at radius 3 is 2.35 bits per heavy atom. The minimum absolute atomic E-state index is 0.225. The predicted octanol–water partition coefficient (Wildman–Crippen LogP) is 4.93. The zero-order valence-corrected chi connectivity index (χ0v) is 21.5. The number of benzene rings is 3. The summed E-state index contributed by atoms with van der Waals surface area (Å²) < 4.78 is 22.0. The number of amides is 2. The van der Waals surface area contributed by atoms with Crippen molar-refractivity contribution in [1.82, 2.24) is 5.43 Å². The van der Waals surface area contributed by atoms with Crippen LogP contribution in [0, 0.1) is 0 Å². The highest BCUT2D eigenvalue weighted by Crippen LogP contribution is 2.36. The number of carbonyl (C=O) groups excluding carboxylic acids is 2. The van der Waals surface area contributed by atoms with Crippen LogP contribution in [0.4, 0.5) is 5.69 Å². The van der Waals surface area contributed by atoms with Crippen molar-refractivity contribution in [3.63, 3.8) is 0 Å². The molecular weight excluding hydrogens is 498 g/mol. The summed E-state index contributed by atoms with van der Waals surface area (Å²) in [6.07, 6.45) is 1.42. The fourth-order valence-corrected chi connectivity index (χ4v) is 3.51. The van der Waals surface area contributed by atoms with Crippen LogP contribution in [0.5, 0.6) is 23.0 Å². The number of nitrogens with zero attached hydrogens (tertiary/aromatic N) is 1. The zero-order chi connectivity index (χ0) is 26.6. The molecule has 0 unspecified atom stereocenters. The largest absolute Gasteiger partial charge is 0.493 e. The minimum atomic E-state index is -0.430. The van der Waals surface area contributed by atoms with E-state index in [1.165, 1.54) is 13.3 Å². The predicted molar refractivity (Wildman–Crippen MR) is 142 cm³/mol. The number of carbonyl (C=O) groups is 2. The lowest BCUT2D eigenvalue weighted by Gasteiger charge is -2.14. The molecule has 0 fully saturated rings. The van der Waals surface area contributed by atoms with E-state index < -0.39 is 5.91 Å². The van der Waals surface area contributed by atoms with Crippen LogP contribution in [-0.4, -0.2) is 45.0 Å². The molecule has 0 saturated carbocycles. The Kier molecular flexibility index (Phi) is 10.2. The number of ether oxygens (including phenoxy) is 4. The topological polar surface area (TPSA) is 107 Å². The maximum Gasteiger partial charge on any atom is 0.271 e. The number of para-hydroxylation sites is 1. The van der Waals surface area contributed by atoms with Crippen molar-refractivity contribution < 1.29 is 28.5 Å². The van der Waals surface area contributed by atoms with E-state index in [1.807, 2.05) is 32.0 Å². The molecule has 0 bridgehead atoms. The number of hydrazone groups is 1. The molecule has 0 aromatic heterocycles. The van der Waals surface area contributed by atoms with Gasteiger partial charge in [-0.3, -0.25) is 9.59 Å². The smallest absolute Gasteiger partial charge is 0.271 e. The van der Waals surface area contributed by atoms with Crippen LogP contribution in [0.2, 0.25) is 5.02 Å². The Labute approximate surface area is 220 Å². The molecule has 10 heteroatoms. The Bertz CT molecular complexity index is 1250. The minimum Gasteiger partial charge on any atom is -0.493 e. The van der Waals surface area contributed by atoms with Crippen molar-refractivity contribution in [3.05, 3.63) is 76.8 Å². The average Bonchev–Trinajstić information content (AvgIpc) is 2.89. The number of halogens is 1. The monoisotopic (exact) mass is 525 g/mol. The van der Waals surface area contributed by atoms with Crippen molar-refractivity contribution in [3.8, 4) is 23.0 Å². The van der Waals surface area contributed by atoms with Gasteiger partial charge in [-0.1, -0.05) is 29.8 Å². The first kappa shape index (κ1) is 27.3. The highest BCUT2D eigenvalue weighted by molar-refractivity contribution is 6.32. The van der Waals surface area contributed by atoms with Crippen LogP contribution in [-0.2, 0) is 4.79 Å². The van der Waals surface area contributed by atoms with Gasteiger partial charge in [0.2, 0.25) is 0 Å². The molecule has 0 radical (unpaired) electrons. The van der Waals surface area contributed by atoms with Gasteiger partial charge < -0.3 is 24.3 Å². The Balaban J connectivity index is 1.67. The lowest BCUT2D eigenvalue weighted by Crippen LogP contribution is -2.20. The molecule has 3 rings (SSSR count). The quantitative estimate of drug-likeness (QED) is 0.256. The number of hydrogen-bond donors (Lipinski definition) is 2. The summed E-state index contributed by atoms with van der Waals surface area (Å²) in [5.41, 5.74) is 4.03. The molecule has 9 nitrogen and oxygen atoms in total. The van der Waals surface area contributed by atoms with Crippen molar-refractivity contribution in [2.45, 2.75) is 13.8 Å². The third-order valence-electron chi connectivity index (χ3n) is 4.84. The molecule has 0 heterocycles. The van der Waals surface area contributed by atoms with Gasteiger partial charge in [-0.2, -0.15) is 5.10 Å². The van der Waals surface area contributed by atoms with E-state index in [0.717, 1.165) is 0 Å². The summed E-state index contributed by atoms with van der Waals surface area (Å²) in [4.78, 5) is 24.8.